The first-order valence-corrected chi connectivity index (χ1v) is 21.5. The summed E-state index contributed by atoms with van der Waals surface area (Å²) in [5, 5.41) is 12.5. The van der Waals surface area contributed by atoms with Gasteiger partial charge in [0.2, 0.25) is 11.8 Å². The Morgan fingerprint density at radius 3 is 2.02 bits per heavy atom. The molecule has 4 aromatic rings. The van der Waals surface area contributed by atoms with E-state index in [-0.39, 0.29) is 37.0 Å². The van der Waals surface area contributed by atoms with Crippen LogP contribution in [0.15, 0.2) is 115 Å². The van der Waals surface area contributed by atoms with Crippen molar-refractivity contribution < 1.29 is 28.7 Å². The number of hydrogen-bond acceptors (Lipinski definition) is 9. The first kappa shape index (κ1) is 44.3. The molecule has 10 nitrogen and oxygen atoms in total. The average Bonchev–Trinajstić information content (AvgIpc) is 3.21. The Bertz CT molecular complexity index is 1920. The van der Waals surface area contributed by atoms with E-state index in [9.17, 15) is 19.2 Å². The number of ether oxygens (including phenoxy) is 2. The lowest BCUT2D eigenvalue weighted by atomic mass is 9.83. The molecule has 0 aliphatic carbocycles. The summed E-state index contributed by atoms with van der Waals surface area (Å²) in [6.45, 7) is 9.60. The topological polar surface area (TPSA) is 135 Å². The molecule has 0 spiro atoms. The Kier molecular flexibility index (Phi) is 15.9. The molecule has 5 rings (SSSR count). The number of thiol groups is 1. The van der Waals surface area contributed by atoms with Crippen molar-refractivity contribution in [2.75, 3.05) is 18.1 Å². The molecule has 0 radical (unpaired) electrons. The standard InChI is InChI=1S/C46H56N4O6S2/c1-6-31(2)40-42(52)50-38(28-32-18-10-7-11-19-32)41(51)49-37(26-27-57)43(53)55-39-25-17-16-24-36(39)46(33-20-12-8-13-21-33,34-22-14-9-15-23-34)58-30-35(29-47-40)48-44(54)56-45(3,4)5/h7-25,31,35,37-38,40,47,57H,6,26-30H2,1-5H3,(H,48,54)(H,49,51)(H,50,52)/t31-,35+,37-,38-,40-/m0/s1. The van der Waals surface area contributed by atoms with Crippen molar-refractivity contribution in [2.24, 2.45) is 5.92 Å². The highest BCUT2D eigenvalue weighted by molar-refractivity contribution is 8.00. The average molecular weight is 825 g/mol. The highest BCUT2D eigenvalue weighted by atomic mass is 32.2. The first-order chi connectivity index (χ1) is 27.8. The molecule has 308 valence electrons. The summed E-state index contributed by atoms with van der Waals surface area (Å²) in [4.78, 5) is 56.4. The van der Waals surface area contributed by atoms with Gasteiger partial charge in [-0.15, -0.1) is 11.8 Å². The largest absolute Gasteiger partial charge is 0.444 e. The molecule has 0 saturated heterocycles. The predicted octanol–water partition coefficient (Wildman–Crippen LogP) is 7.06. The maximum absolute atomic E-state index is 14.3. The Balaban J connectivity index is 1.69. The number of benzene rings is 4. The predicted molar refractivity (Wildman–Crippen MR) is 234 cm³/mol. The number of thioether (sulfide) groups is 1. The molecule has 5 atom stereocenters. The lowest BCUT2D eigenvalue weighted by Crippen LogP contribution is -2.58. The summed E-state index contributed by atoms with van der Waals surface area (Å²) in [6, 6.07) is 33.4. The second-order valence-corrected chi connectivity index (χ2v) is 17.3. The molecule has 58 heavy (non-hydrogen) atoms. The maximum atomic E-state index is 14.3. The zero-order valence-corrected chi connectivity index (χ0v) is 35.6. The highest BCUT2D eigenvalue weighted by Gasteiger charge is 2.41. The molecule has 0 bridgehead atoms. The van der Waals surface area contributed by atoms with E-state index >= 15 is 0 Å². The molecule has 1 aliphatic heterocycles. The van der Waals surface area contributed by atoms with E-state index in [2.05, 4.69) is 33.9 Å². The number of alkyl carbamates (subject to hydrolysis) is 1. The van der Waals surface area contributed by atoms with Crippen LogP contribution in [0, 0.1) is 5.92 Å². The summed E-state index contributed by atoms with van der Waals surface area (Å²) in [6.07, 6.45) is 0.447. The van der Waals surface area contributed by atoms with Crippen molar-refractivity contribution in [3.05, 3.63) is 138 Å². The summed E-state index contributed by atoms with van der Waals surface area (Å²) < 4.78 is 11.1. The van der Waals surface area contributed by atoms with Gasteiger partial charge in [0.05, 0.1) is 16.8 Å². The van der Waals surface area contributed by atoms with E-state index in [0.29, 0.717) is 23.5 Å². The van der Waals surface area contributed by atoms with Gasteiger partial charge in [0.1, 0.15) is 23.4 Å². The number of amides is 3. The third kappa shape index (κ3) is 11.7. The third-order valence-corrected chi connectivity index (χ3v) is 12.0. The number of carbonyl (C=O) groups is 4. The molecule has 1 heterocycles. The van der Waals surface area contributed by atoms with E-state index < -0.39 is 52.5 Å². The second-order valence-electron chi connectivity index (χ2n) is 15.6. The fourth-order valence-electron chi connectivity index (χ4n) is 6.97. The van der Waals surface area contributed by atoms with E-state index in [0.717, 1.165) is 16.7 Å². The first-order valence-electron chi connectivity index (χ1n) is 19.9. The Morgan fingerprint density at radius 1 is 0.862 bits per heavy atom. The fraction of sp³-hybridized carbons (Fsp3) is 0.391. The lowest BCUT2D eigenvalue weighted by molar-refractivity contribution is -0.140. The van der Waals surface area contributed by atoms with Gasteiger partial charge in [0.15, 0.2) is 0 Å². The number of fused-ring (bicyclic) bond motifs is 1. The molecular weight excluding hydrogens is 769 g/mol. The maximum Gasteiger partial charge on any atom is 0.407 e. The number of carbonyl (C=O) groups excluding carboxylic acids is 4. The van der Waals surface area contributed by atoms with Crippen molar-refractivity contribution in [1.82, 2.24) is 21.3 Å². The molecule has 4 aromatic carbocycles. The van der Waals surface area contributed by atoms with Gasteiger partial charge < -0.3 is 30.7 Å². The normalized spacial score (nSPS) is 21.2. The monoisotopic (exact) mass is 824 g/mol. The Morgan fingerprint density at radius 2 is 1.43 bits per heavy atom. The Labute approximate surface area is 352 Å². The molecule has 4 N–H and O–H groups in total. The van der Waals surface area contributed by atoms with Crippen molar-refractivity contribution in [3.8, 4) is 5.75 Å². The number of rotatable bonds is 9. The minimum atomic E-state index is -1.06. The minimum Gasteiger partial charge on any atom is -0.444 e. The van der Waals surface area contributed by atoms with Crippen LogP contribution < -0.4 is 26.0 Å². The van der Waals surface area contributed by atoms with Crippen LogP contribution in [0.2, 0.25) is 0 Å². The molecule has 3 amide bonds. The summed E-state index contributed by atoms with van der Waals surface area (Å²) in [5.41, 5.74) is 2.61. The number of nitrogens with one attached hydrogen (secondary N) is 4. The molecular formula is C46H56N4O6S2. The van der Waals surface area contributed by atoms with Gasteiger partial charge in [-0.05, 0) is 61.6 Å². The van der Waals surface area contributed by atoms with Gasteiger partial charge in [0.25, 0.3) is 0 Å². The van der Waals surface area contributed by atoms with Crippen LogP contribution in [0.25, 0.3) is 0 Å². The van der Waals surface area contributed by atoms with Crippen molar-refractivity contribution in [2.45, 2.75) is 88.4 Å². The van der Waals surface area contributed by atoms with E-state index in [1.165, 1.54) is 0 Å². The van der Waals surface area contributed by atoms with Gasteiger partial charge in [-0.3, -0.25) is 9.59 Å². The summed E-state index contributed by atoms with van der Waals surface area (Å²) in [7, 11) is 0. The van der Waals surface area contributed by atoms with Gasteiger partial charge in [-0.1, -0.05) is 129 Å². The van der Waals surface area contributed by atoms with Crippen LogP contribution in [0.3, 0.4) is 0 Å². The second kappa shape index (κ2) is 20.8. The van der Waals surface area contributed by atoms with Crippen molar-refractivity contribution >= 4 is 48.3 Å². The van der Waals surface area contributed by atoms with Crippen LogP contribution in [0.4, 0.5) is 4.79 Å². The zero-order chi connectivity index (χ0) is 41.7. The number of esters is 1. The van der Waals surface area contributed by atoms with Gasteiger partial charge in [-0.25, -0.2) is 9.59 Å². The fourth-order valence-corrected chi connectivity index (χ4v) is 8.81. The van der Waals surface area contributed by atoms with Crippen LogP contribution in [0.1, 0.15) is 69.7 Å². The van der Waals surface area contributed by atoms with Crippen LogP contribution in [0.5, 0.6) is 5.75 Å². The van der Waals surface area contributed by atoms with Gasteiger partial charge in [0, 0.05) is 24.3 Å². The molecule has 0 saturated carbocycles. The minimum absolute atomic E-state index is 0.149. The molecule has 1 aliphatic rings. The summed E-state index contributed by atoms with van der Waals surface area (Å²) >= 11 is 6.01. The van der Waals surface area contributed by atoms with Gasteiger partial charge >= 0.3 is 12.1 Å². The molecule has 12 heteroatoms. The summed E-state index contributed by atoms with van der Waals surface area (Å²) in [5.74, 6) is -0.761. The molecule has 0 aromatic heterocycles. The third-order valence-electron chi connectivity index (χ3n) is 10.1. The van der Waals surface area contributed by atoms with Crippen molar-refractivity contribution in [1.29, 1.82) is 0 Å². The lowest BCUT2D eigenvalue weighted by Gasteiger charge is -2.38. The smallest absolute Gasteiger partial charge is 0.407 e. The molecule has 0 fully saturated rings. The van der Waals surface area contributed by atoms with E-state index in [4.69, 9.17) is 9.47 Å². The van der Waals surface area contributed by atoms with Crippen molar-refractivity contribution in [3.63, 3.8) is 0 Å². The quantitative estimate of drug-likeness (QED) is 0.0689. The van der Waals surface area contributed by atoms with Crippen LogP contribution >= 0.6 is 24.4 Å². The SMILES string of the molecule is CC[C@H](C)[C@@H]1NC[C@@H](NC(=O)OC(C)(C)C)CSC(c2ccccc2)(c2ccccc2)c2ccccc2OC(=O)[C@H](CCS)NC(=O)[C@H](Cc2ccccc2)NC1=O. The van der Waals surface area contributed by atoms with Crippen LogP contribution in [-0.2, 0) is 30.3 Å². The van der Waals surface area contributed by atoms with E-state index in [1.807, 2.05) is 123 Å². The molecule has 0 unspecified atom stereocenters. The zero-order valence-electron chi connectivity index (χ0n) is 33.9. The van der Waals surface area contributed by atoms with Gasteiger partial charge in [-0.2, -0.15) is 12.6 Å². The van der Waals surface area contributed by atoms with Crippen LogP contribution in [-0.4, -0.2) is 71.7 Å². The number of hydrogen-bond donors (Lipinski definition) is 5. The number of para-hydroxylation sites is 1. The highest BCUT2D eigenvalue weighted by Crippen LogP contribution is 2.51. The Hall–Kier alpha value is -4.78. The van der Waals surface area contributed by atoms with E-state index in [1.54, 1.807) is 38.6 Å².